The number of hydrogen-bond donors (Lipinski definition) is 1. The molecule has 1 rings (SSSR count). The summed E-state index contributed by atoms with van der Waals surface area (Å²) in [7, 11) is 1.64. The van der Waals surface area contributed by atoms with Gasteiger partial charge in [0.05, 0.1) is 7.11 Å². The van der Waals surface area contributed by atoms with Crippen LogP contribution in [0.3, 0.4) is 0 Å². The zero-order valence-corrected chi connectivity index (χ0v) is 9.41. The Labute approximate surface area is 90.2 Å². The Morgan fingerprint density at radius 1 is 1.53 bits per heavy atom. The van der Waals surface area contributed by atoms with E-state index in [1.165, 1.54) is 0 Å². The smallest absolute Gasteiger partial charge is 0.220 e. The van der Waals surface area contributed by atoms with Crippen LogP contribution < -0.4 is 10.5 Å². The van der Waals surface area contributed by atoms with E-state index >= 15 is 0 Å². The lowest BCUT2D eigenvalue weighted by Gasteiger charge is -2.13. The van der Waals surface area contributed by atoms with Crippen molar-refractivity contribution in [3.63, 3.8) is 0 Å². The number of aryl methyl sites for hydroxylation is 1. The molecule has 0 aliphatic heterocycles. The van der Waals surface area contributed by atoms with Crippen molar-refractivity contribution >= 4 is 5.91 Å². The fourth-order valence-electron chi connectivity index (χ4n) is 1.60. The van der Waals surface area contributed by atoms with Crippen molar-refractivity contribution in [2.24, 2.45) is 11.7 Å². The van der Waals surface area contributed by atoms with E-state index in [0.717, 1.165) is 16.9 Å². The van der Waals surface area contributed by atoms with E-state index in [0.29, 0.717) is 6.42 Å². The van der Waals surface area contributed by atoms with Gasteiger partial charge in [-0.15, -0.1) is 0 Å². The van der Waals surface area contributed by atoms with Gasteiger partial charge in [0.25, 0.3) is 0 Å². The summed E-state index contributed by atoms with van der Waals surface area (Å²) in [5, 5.41) is 0. The third kappa shape index (κ3) is 2.72. The molecule has 1 atom stereocenters. The van der Waals surface area contributed by atoms with Crippen LogP contribution in [0.4, 0.5) is 0 Å². The average molecular weight is 207 g/mol. The van der Waals surface area contributed by atoms with Gasteiger partial charge in [0, 0.05) is 5.92 Å². The highest BCUT2D eigenvalue weighted by Crippen LogP contribution is 2.25. The van der Waals surface area contributed by atoms with Crippen molar-refractivity contribution in [2.75, 3.05) is 7.11 Å². The fraction of sp³-hybridized carbons (Fsp3) is 0.417. The van der Waals surface area contributed by atoms with Crippen LogP contribution in [0.15, 0.2) is 18.2 Å². The molecule has 1 amide bonds. The molecule has 1 unspecified atom stereocenters. The summed E-state index contributed by atoms with van der Waals surface area (Å²) in [6.07, 6.45) is 0.625. The molecule has 0 bridgehead atoms. The van der Waals surface area contributed by atoms with E-state index in [9.17, 15) is 4.79 Å². The molecule has 0 fully saturated rings. The number of carbonyl (C=O) groups excluding carboxylic acids is 1. The van der Waals surface area contributed by atoms with E-state index in [1.807, 2.05) is 32.0 Å². The van der Waals surface area contributed by atoms with Gasteiger partial charge in [0.1, 0.15) is 5.75 Å². The number of carbonyl (C=O) groups is 1. The number of primary amides is 1. The number of para-hydroxylation sites is 1. The topological polar surface area (TPSA) is 52.3 Å². The maximum absolute atomic E-state index is 11.0. The van der Waals surface area contributed by atoms with Crippen LogP contribution in [-0.2, 0) is 11.2 Å². The van der Waals surface area contributed by atoms with Gasteiger partial charge in [0.2, 0.25) is 5.91 Å². The summed E-state index contributed by atoms with van der Waals surface area (Å²) in [6, 6.07) is 5.91. The van der Waals surface area contributed by atoms with Gasteiger partial charge < -0.3 is 10.5 Å². The quantitative estimate of drug-likeness (QED) is 0.816. The van der Waals surface area contributed by atoms with E-state index in [2.05, 4.69) is 0 Å². The molecule has 3 nitrogen and oxygen atoms in total. The third-order valence-electron chi connectivity index (χ3n) is 2.51. The lowest BCUT2D eigenvalue weighted by molar-refractivity contribution is -0.121. The second-order valence-electron chi connectivity index (χ2n) is 3.77. The predicted molar refractivity (Wildman–Crippen MR) is 59.8 cm³/mol. The van der Waals surface area contributed by atoms with E-state index in [4.69, 9.17) is 10.5 Å². The number of amides is 1. The molecule has 0 heterocycles. The number of hydrogen-bond acceptors (Lipinski definition) is 2. The first kappa shape index (κ1) is 11.6. The van der Waals surface area contributed by atoms with Gasteiger partial charge in [-0.25, -0.2) is 0 Å². The minimum Gasteiger partial charge on any atom is -0.496 e. The van der Waals surface area contributed by atoms with Crippen molar-refractivity contribution in [1.82, 2.24) is 0 Å². The Bertz CT molecular complexity index is 361. The monoisotopic (exact) mass is 207 g/mol. The number of ether oxygens (including phenoxy) is 1. The van der Waals surface area contributed by atoms with Gasteiger partial charge in [-0.2, -0.15) is 0 Å². The van der Waals surface area contributed by atoms with Gasteiger partial charge in [-0.3, -0.25) is 4.79 Å². The third-order valence-corrected chi connectivity index (χ3v) is 2.51. The molecular weight excluding hydrogens is 190 g/mol. The molecule has 0 aliphatic rings. The molecule has 0 spiro atoms. The standard InChI is InChI=1S/C12H17NO2/c1-8-5-4-6-10(11(8)15-3)7-9(2)12(13)14/h4-6,9H,7H2,1-3H3,(H2,13,14). The van der Waals surface area contributed by atoms with Crippen molar-refractivity contribution in [1.29, 1.82) is 0 Å². The highest BCUT2D eigenvalue weighted by atomic mass is 16.5. The highest BCUT2D eigenvalue weighted by Gasteiger charge is 2.13. The van der Waals surface area contributed by atoms with Crippen molar-refractivity contribution < 1.29 is 9.53 Å². The Morgan fingerprint density at radius 2 is 2.20 bits per heavy atom. The van der Waals surface area contributed by atoms with E-state index in [1.54, 1.807) is 7.11 Å². The molecule has 82 valence electrons. The van der Waals surface area contributed by atoms with Crippen molar-refractivity contribution in [3.8, 4) is 5.75 Å². The minimum atomic E-state index is -0.279. The number of nitrogens with two attached hydrogens (primary N) is 1. The SMILES string of the molecule is COc1c(C)cccc1CC(C)C(N)=O. The average Bonchev–Trinajstić information content (AvgIpc) is 2.18. The van der Waals surface area contributed by atoms with Crippen LogP contribution in [0.1, 0.15) is 18.1 Å². The highest BCUT2D eigenvalue weighted by molar-refractivity contribution is 5.76. The summed E-state index contributed by atoms with van der Waals surface area (Å²) in [4.78, 5) is 11.0. The summed E-state index contributed by atoms with van der Waals surface area (Å²) in [5.74, 6) is 0.407. The maximum atomic E-state index is 11.0. The molecule has 1 aromatic carbocycles. The number of benzene rings is 1. The number of rotatable bonds is 4. The van der Waals surface area contributed by atoms with Gasteiger partial charge in [-0.1, -0.05) is 25.1 Å². The minimum absolute atomic E-state index is 0.166. The van der Waals surface area contributed by atoms with Crippen LogP contribution >= 0.6 is 0 Å². The maximum Gasteiger partial charge on any atom is 0.220 e. The van der Waals surface area contributed by atoms with Crippen LogP contribution in [0.5, 0.6) is 5.75 Å². The Morgan fingerprint density at radius 3 is 2.73 bits per heavy atom. The Balaban J connectivity index is 2.94. The zero-order valence-electron chi connectivity index (χ0n) is 9.41. The van der Waals surface area contributed by atoms with Crippen LogP contribution in [-0.4, -0.2) is 13.0 Å². The molecule has 0 radical (unpaired) electrons. The molecule has 2 N–H and O–H groups in total. The van der Waals surface area contributed by atoms with Crippen molar-refractivity contribution in [3.05, 3.63) is 29.3 Å². The predicted octanol–water partition coefficient (Wildman–Crippen LogP) is 1.67. The second-order valence-corrected chi connectivity index (χ2v) is 3.77. The number of methoxy groups -OCH3 is 1. The molecule has 0 aliphatic carbocycles. The van der Waals surface area contributed by atoms with Crippen LogP contribution in [0.25, 0.3) is 0 Å². The zero-order chi connectivity index (χ0) is 11.4. The van der Waals surface area contributed by atoms with E-state index < -0.39 is 0 Å². The molecule has 1 aromatic rings. The summed E-state index contributed by atoms with van der Waals surface area (Å²) in [6.45, 7) is 3.81. The van der Waals surface area contributed by atoms with Crippen LogP contribution in [0.2, 0.25) is 0 Å². The molecule has 3 heteroatoms. The summed E-state index contributed by atoms with van der Waals surface area (Å²) in [5.41, 5.74) is 7.34. The van der Waals surface area contributed by atoms with Gasteiger partial charge in [-0.05, 0) is 24.5 Å². The van der Waals surface area contributed by atoms with Gasteiger partial charge in [0.15, 0.2) is 0 Å². The largest absolute Gasteiger partial charge is 0.496 e. The molecule has 15 heavy (non-hydrogen) atoms. The summed E-state index contributed by atoms with van der Waals surface area (Å²) >= 11 is 0. The second kappa shape index (κ2) is 4.82. The first-order chi connectivity index (χ1) is 7.06. The van der Waals surface area contributed by atoms with Gasteiger partial charge >= 0.3 is 0 Å². The van der Waals surface area contributed by atoms with Crippen LogP contribution in [0, 0.1) is 12.8 Å². The molecular formula is C12H17NO2. The molecule has 0 aromatic heterocycles. The lowest BCUT2D eigenvalue weighted by Crippen LogP contribution is -2.22. The Hall–Kier alpha value is -1.51. The Kier molecular flexibility index (Phi) is 3.72. The molecule has 0 saturated heterocycles. The normalized spacial score (nSPS) is 12.2. The molecule has 0 saturated carbocycles. The lowest BCUT2D eigenvalue weighted by atomic mass is 9.98. The van der Waals surface area contributed by atoms with E-state index in [-0.39, 0.29) is 11.8 Å². The first-order valence-electron chi connectivity index (χ1n) is 4.98. The first-order valence-corrected chi connectivity index (χ1v) is 4.98. The summed E-state index contributed by atoms with van der Waals surface area (Å²) < 4.78 is 5.30. The van der Waals surface area contributed by atoms with Crippen molar-refractivity contribution in [2.45, 2.75) is 20.3 Å². The fourth-order valence-corrected chi connectivity index (χ4v) is 1.60.